The van der Waals surface area contributed by atoms with E-state index in [4.69, 9.17) is 4.74 Å². The molecule has 0 atom stereocenters. The average Bonchev–Trinajstić information content (AvgIpc) is 2.47. The Kier molecular flexibility index (Phi) is 3.47. The third-order valence-electron chi connectivity index (χ3n) is 2.91. The zero-order chi connectivity index (χ0) is 13.1. The quantitative estimate of drug-likeness (QED) is 0.706. The summed E-state index contributed by atoms with van der Waals surface area (Å²) in [6.07, 6.45) is 1.78. The summed E-state index contributed by atoms with van der Waals surface area (Å²) in [7, 11) is 0. The molecule has 94 valence electrons. The van der Waals surface area contributed by atoms with Crippen LogP contribution in [0.2, 0.25) is 0 Å². The standard InChI is InChI=1S/C16H12BrNO/c17-13-8-9-14(18-10-13)11-19-16-7-3-5-12-4-1-2-6-15(12)16/h1-10H,11H2. The highest BCUT2D eigenvalue weighted by Gasteiger charge is 2.02. The third-order valence-corrected chi connectivity index (χ3v) is 3.38. The van der Waals surface area contributed by atoms with Gasteiger partial charge in [-0.25, -0.2) is 0 Å². The summed E-state index contributed by atoms with van der Waals surface area (Å²) >= 11 is 3.37. The van der Waals surface area contributed by atoms with Gasteiger partial charge in [0.25, 0.3) is 0 Å². The van der Waals surface area contributed by atoms with E-state index in [0.717, 1.165) is 21.3 Å². The van der Waals surface area contributed by atoms with Gasteiger partial charge >= 0.3 is 0 Å². The molecule has 0 unspecified atom stereocenters. The van der Waals surface area contributed by atoms with Gasteiger partial charge in [-0.15, -0.1) is 0 Å². The molecule has 0 radical (unpaired) electrons. The number of aromatic nitrogens is 1. The van der Waals surface area contributed by atoms with Crippen LogP contribution in [0.5, 0.6) is 5.75 Å². The van der Waals surface area contributed by atoms with Gasteiger partial charge in [0.2, 0.25) is 0 Å². The van der Waals surface area contributed by atoms with Crippen molar-refractivity contribution in [3.8, 4) is 5.75 Å². The molecule has 3 rings (SSSR count). The normalized spacial score (nSPS) is 10.6. The second-order valence-corrected chi connectivity index (χ2v) is 5.15. The predicted molar refractivity (Wildman–Crippen MR) is 80.2 cm³/mol. The highest BCUT2D eigenvalue weighted by Crippen LogP contribution is 2.25. The lowest BCUT2D eigenvalue weighted by molar-refractivity contribution is 0.305. The van der Waals surface area contributed by atoms with Crippen LogP contribution >= 0.6 is 15.9 Å². The molecule has 19 heavy (non-hydrogen) atoms. The molecule has 3 aromatic rings. The second-order valence-electron chi connectivity index (χ2n) is 4.23. The molecule has 2 nitrogen and oxygen atoms in total. The Morgan fingerprint density at radius 1 is 0.947 bits per heavy atom. The van der Waals surface area contributed by atoms with Crippen LogP contribution in [0.4, 0.5) is 0 Å². The summed E-state index contributed by atoms with van der Waals surface area (Å²) < 4.78 is 6.84. The van der Waals surface area contributed by atoms with E-state index in [0.29, 0.717) is 6.61 Å². The molecule has 0 saturated heterocycles. The molecule has 0 aliphatic rings. The minimum absolute atomic E-state index is 0.473. The maximum Gasteiger partial charge on any atom is 0.130 e. The number of nitrogens with zero attached hydrogens (tertiary/aromatic N) is 1. The van der Waals surface area contributed by atoms with Crippen molar-refractivity contribution in [3.63, 3.8) is 0 Å². The molecular weight excluding hydrogens is 302 g/mol. The van der Waals surface area contributed by atoms with Crippen LogP contribution in [-0.4, -0.2) is 4.98 Å². The van der Waals surface area contributed by atoms with Gasteiger partial charge in [0.05, 0.1) is 5.69 Å². The van der Waals surface area contributed by atoms with Crippen LogP contribution in [0.15, 0.2) is 65.3 Å². The van der Waals surface area contributed by atoms with Gasteiger partial charge in [0.1, 0.15) is 12.4 Å². The van der Waals surface area contributed by atoms with Gasteiger partial charge in [0, 0.05) is 16.1 Å². The van der Waals surface area contributed by atoms with Crippen molar-refractivity contribution in [2.45, 2.75) is 6.61 Å². The Hall–Kier alpha value is -1.87. The Morgan fingerprint density at radius 3 is 2.63 bits per heavy atom. The van der Waals surface area contributed by atoms with Crippen LogP contribution in [0.1, 0.15) is 5.69 Å². The first-order valence-corrected chi connectivity index (χ1v) is 6.83. The molecular formula is C16H12BrNO. The van der Waals surface area contributed by atoms with E-state index < -0.39 is 0 Å². The lowest BCUT2D eigenvalue weighted by Gasteiger charge is -2.08. The minimum atomic E-state index is 0.473. The topological polar surface area (TPSA) is 22.1 Å². The summed E-state index contributed by atoms with van der Waals surface area (Å²) in [5.41, 5.74) is 0.913. The van der Waals surface area contributed by atoms with E-state index in [1.165, 1.54) is 5.39 Å². The van der Waals surface area contributed by atoms with Crippen molar-refractivity contribution in [2.75, 3.05) is 0 Å². The van der Waals surface area contributed by atoms with E-state index in [1.54, 1.807) is 6.20 Å². The largest absolute Gasteiger partial charge is 0.487 e. The molecule has 0 spiro atoms. The Morgan fingerprint density at radius 2 is 1.79 bits per heavy atom. The summed E-state index contributed by atoms with van der Waals surface area (Å²) in [6.45, 7) is 0.473. The SMILES string of the molecule is Brc1ccc(COc2cccc3ccccc23)nc1. The van der Waals surface area contributed by atoms with Crippen molar-refractivity contribution < 1.29 is 4.74 Å². The van der Waals surface area contributed by atoms with Crippen molar-refractivity contribution in [1.82, 2.24) is 4.98 Å². The molecule has 0 bridgehead atoms. The van der Waals surface area contributed by atoms with Crippen LogP contribution < -0.4 is 4.74 Å². The van der Waals surface area contributed by atoms with E-state index >= 15 is 0 Å². The minimum Gasteiger partial charge on any atom is -0.487 e. The number of hydrogen-bond acceptors (Lipinski definition) is 2. The molecule has 0 amide bonds. The third kappa shape index (κ3) is 2.76. The Balaban J connectivity index is 1.84. The van der Waals surface area contributed by atoms with Crippen molar-refractivity contribution in [2.24, 2.45) is 0 Å². The molecule has 0 fully saturated rings. The second kappa shape index (κ2) is 5.41. The van der Waals surface area contributed by atoms with Gasteiger partial charge in [0.15, 0.2) is 0 Å². The number of pyridine rings is 1. The Bertz CT molecular complexity index is 689. The highest BCUT2D eigenvalue weighted by atomic mass is 79.9. The summed E-state index contributed by atoms with van der Waals surface area (Å²) in [5.74, 6) is 0.891. The fraction of sp³-hybridized carbons (Fsp3) is 0.0625. The van der Waals surface area contributed by atoms with Crippen LogP contribution in [0.25, 0.3) is 10.8 Å². The maximum atomic E-state index is 5.87. The van der Waals surface area contributed by atoms with Gasteiger partial charge in [-0.1, -0.05) is 36.4 Å². The number of halogens is 1. The lowest BCUT2D eigenvalue weighted by atomic mass is 10.1. The lowest BCUT2D eigenvalue weighted by Crippen LogP contribution is -1.98. The number of benzene rings is 2. The van der Waals surface area contributed by atoms with Crippen LogP contribution in [0.3, 0.4) is 0 Å². The highest BCUT2D eigenvalue weighted by molar-refractivity contribution is 9.10. The number of rotatable bonds is 3. The molecule has 0 aliphatic carbocycles. The fourth-order valence-electron chi connectivity index (χ4n) is 1.97. The number of ether oxygens (including phenoxy) is 1. The van der Waals surface area contributed by atoms with Gasteiger partial charge < -0.3 is 4.74 Å². The van der Waals surface area contributed by atoms with E-state index in [2.05, 4.69) is 39.1 Å². The van der Waals surface area contributed by atoms with Crippen molar-refractivity contribution in [3.05, 3.63) is 71.0 Å². The first-order chi connectivity index (χ1) is 9.33. The number of fused-ring (bicyclic) bond motifs is 1. The fourth-order valence-corrected chi connectivity index (χ4v) is 2.20. The van der Waals surface area contributed by atoms with Crippen molar-refractivity contribution >= 4 is 26.7 Å². The molecule has 0 N–H and O–H groups in total. The van der Waals surface area contributed by atoms with E-state index in [-0.39, 0.29) is 0 Å². The molecule has 1 aromatic heterocycles. The summed E-state index contributed by atoms with van der Waals surface area (Å²) in [4.78, 5) is 4.30. The zero-order valence-electron chi connectivity index (χ0n) is 10.2. The Labute approximate surface area is 120 Å². The van der Waals surface area contributed by atoms with E-state index in [9.17, 15) is 0 Å². The molecule has 0 aliphatic heterocycles. The number of hydrogen-bond donors (Lipinski definition) is 0. The average molecular weight is 314 g/mol. The molecule has 2 aromatic carbocycles. The summed E-state index contributed by atoms with van der Waals surface area (Å²) in [6, 6.07) is 18.2. The van der Waals surface area contributed by atoms with E-state index in [1.807, 2.05) is 36.4 Å². The first-order valence-electron chi connectivity index (χ1n) is 6.04. The molecule has 3 heteroatoms. The monoisotopic (exact) mass is 313 g/mol. The van der Waals surface area contributed by atoms with Gasteiger partial charge in [-0.2, -0.15) is 0 Å². The van der Waals surface area contributed by atoms with Crippen LogP contribution in [-0.2, 0) is 6.61 Å². The summed E-state index contributed by atoms with van der Waals surface area (Å²) in [5, 5.41) is 2.31. The molecule has 0 saturated carbocycles. The predicted octanol–water partition coefficient (Wildman–Crippen LogP) is 4.58. The molecule has 1 heterocycles. The van der Waals surface area contributed by atoms with Gasteiger partial charge in [-0.05, 0) is 39.5 Å². The maximum absolute atomic E-state index is 5.87. The van der Waals surface area contributed by atoms with Gasteiger partial charge in [-0.3, -0.25) is 4.98 Å². The van der Waals surface area contributed by atoms with Crippen LogP contribution in [0, 0.1) is 0 Å². The smallest absolute Gasteiger partial charge is 0.130 e. The zero-order valence-corrected chi connectivity index (χ0v) is 11.8. The first kappa shape index (κ1) is 12.2. The van der Waals surface area contributed by atoms with Crippen molar-refractivity contribution in [1.29, 1.82) is 0 Å².